The summed E-state index contributed by atoms with van der Waals surface area (Å²) in [5.41, 5.74) is 6.05. The number of ether oxygens (including phenoxy) is 2. The van der Waals surface area contributed by atoms with Crippen LogP contribution < -0.4 is 20.1 Å². The van der Waals surface area contributed by atoms with E-state index in [0.29, 0.717) is 30.2 Å². The highest BCUT2D eigenvalue weighted by molar-refractivity contribution is 6.01. The van der Waals surface area contributed by atoms with Crippen LogP contribution in [0.3, 0.4) is 0 Å². The maximum atomic E-state index is 12.6. The van der Waals surface area contributed by atoms with Crippen molar-refractivity contribution in [3.05, 3.63) is 18.2 Å². The molecule has 1 aromatic carbocycles. The molecule has 1 aliphatic rings. The third-order valence-corrected chi connectivity index (χ3v) is 3.86. The van der Waals surface area contributed by atoms with Crippen molar-refractivity contribution < 1.29 is 19.1 Å². The molecular formula is C15H21N3O4. The van der Waals surface area contributed by atoms with Crippen LogP contribution in [0.5, 0.6) is 11.5 Å². The molecule has 0 aliphatic carbocycles. The summed E-state index contributed by atoms with van der Waals surface area (Å²) in [5.74, 6) is 0.844. The largest absolute Gasteiger partial charge is 0.497 e. The number of hydrogen-bond acceptors (Lipinski definition) is 5. The molecule has 0 radical (unpaired) electrons. The quantitative estimate of drug-likeness (QED) is 0.841. The summed E-state index contributed by atoms with van der Waals surface area (Å²) in [6, 6.07) is 4.81. The van der Waals surface area contributed by atoms with Gasteiger partial charge in [-0.2, -0.15) is 0 Å². The van der Waals surface area contributed by atoms with Gasteiger partial charge >= 0.3 is 0 Å². The lowest BCUT2D eigenvalue weighted by Gasteiger charge is -2.24. The summed E-state index contributed by atoms with van der Waals surface area (Å²) in [6.45, 7) is 0.426. The van der Waals surface area contributed by atoms with Crippen LogP contribution in [0.25, 0.3) is 0 Å². The van der Waals surface area contributed by atoms with Gasteiger partial charge in [0.05, 0.1) is 26.5 Å². The summed E-state index contributed by atoms with van der Waals surface area (Å²) in [4.78, 5) is 27.3. The van der Waals surface area contributed by atoms with Crippen molar-refractivity contribution in [2.75, 3.05) is 39.3 Å². The predicted octanol–water partition coefficient (Wildman–Crippen LogP) is 0.226. The first-order valence-corrected chi connectivity index (χ1v) is 7.02. The molecule has 22 heavy (non-hydrogen) atoms. The number of nitrogens with two attached hydrogens (primary N) is 1. The van der Waals surface area contributed by atoms with E-state index in [9.17, 15) is 9.59 Å². The van der Waals surface area contributed by atoms with Gasteiger partial charge in [-0.3, -0.25) is 9.59 Å². The molecule has 0 spiro atoms. The van der Waals surface area contributed by atoms with Crippen molar-refractivity contribution in [2.24, 2.45) is 5.73 Å². The first-order chi connectivity index (χ1) is 10.5. The monoisotopic (exact) mass is 307 g/mol. The second-order valence-electron chi connectivity index (χ2n) is 5.07. The zero-order valence-electron chi connectivity index (χ0n) is 13.0. The lowest BCUT2D eigenvalue weighted by molar-refractivity contribution is -0.135. The Morgan fingerprint density at radius 1 is 1.32 bits per heavy atom. The molecule has 0 bridgehead atoms. The van der Waals surface area contributed by atoms with Crippen LogP contribution in [0.15, 0.2) is 18.2 Å². The van der Waals surface area contributed by atoms with Crippen molar-refractivity contribution in [2.45, 2.75) is 12.5 Å². The fourth-order valence-electron chi connectivity index (χ4n) is 2.55. The summed E-state index contributed by atoms with van der Waals surface area (Å²) in [6.07, 6.45) is 0.570. The first-order valence-electron chi connectivity index (χ1n) is 7.02. The van der Waals surface area contributed by atoms with Crippen LogP contribution in [0.2, 0.25) is 0 Å². The minimum absolute atomic E-state index is 0.104. The van der Waals surface area contributed by atoms with Crippen LogP contribution >= 0.6 is 0 Å². The third-order valence-electron chi connectivity index (χ3n) is 3.86. The van der Waals surface area contributed by atoms with E-state index < -0.39 is 6.04 Å². The Balaban J connectivity index is 2.24. The number of carbonyl (C=O) groups excluding carboxylic acids is 2. The molecule has 2 amide bonds. The Kier molecular flexibility index (Phi) is 4.87. The number of hydrogen-bond donors (Lipinski definition) is 1. The van der Waals surface area contributed by atoms with Gasteiger partial charge in [0.2, 0.25) is 11.8 Å². The van der Waals surface area contributed by atoms with Gasteiger partial charge in [-0.05, 0) is 6.42 Å². The van der Waals surface area contributed by atoms with E-state index in [1.54, 1.807) is 44.4 Å². The normalized spacial score (nSPS) is 17.5. The van der Waals surface area contributed by atoms with Crippen molar-refractivity contribution >= 4 is 17.5 Å². The molecule has 120 valence electrons. The second-order valence-corrected chi connectivity index (χ2v) is 5.07. The molecular weight excluding hydrogens is 286 g/mol. The van der Waals surface area contributed by atoms with Crippen molar-refractivity contribution in [1.82, 2.24) is 4.90 Å². The van der Waals surface area contributed by atoms with Gasteiger partial charge in [0, 0.05) is 31.8 Å². The van der Waals surface area contributed by atoms with Crippen LogP contribution in [-0.2, 0) is 9.59 Å². The number of amides is 2. The smallest absolute Gasteiger partial charge is 0.249 e. The number of carbonyl (C=O) groups is 2. The molecule has 1 aliphatic heterocycles. The van der Waals surface area contributed by atoms with Gasteiger partial charge in [-0.15, -0.1) is 0 Å². The topological polar surface area (TPSA) is 85.1 Å². The highest BCUT2D eigenvalue weighted by atomic mass is 16.5. The minimum Gasteiger partial charge on any atom is -0.497 e. The van der Waals surface area contributed by atoms with Crippen molar-refractivity contribution in [3.63, 3.8) is 0 Å². The molecule has 1 atom stereocenters. The summed E-state index contributed by atoms with van der Waals surface area (Å²) in [7, 11) is 4.72. The zero-order chi connectivity index (χ0) is 16.3. The Morgan fingerprint density at radius 3 is 2.41 bits per heavy atom. The van der Waals surface area contributed by atoms with E-state index in [1.807, 2.05) is 0 Å². The van der Waals surface area contributed by atoms with E-state index in [1.165, 1.54) is 4.90 Å². The Morgan fingerprint density at radius 2 is 1.91 bits per heavy atom. The molecule has 1 heterocycles. The van der Waals surface area contributed by atoms with Gasteiger partial charge in [0.25, 0.3) is 0 Å². The van der Waals surface area contributed by atoms with E-state index >= 15 is 0 Å². The maximum absolute atomic E-state index is 12.6. The van der Waals surface area contributed by atoms with E-state index in [4.69, 9.17) is 15.2 Å². The van der Waals surface area contributed by atoms with E-state index in [2.05, 4.69) is 0 Å². The molecule has 1 unspecified atom stereocenters. The summed E-state index contributed by atoms with van der Waals surface area (Å²) < 4.78 is 10.4. The van der Waals surface area contributed by atoms with Gasteiger partial charge in [-0.25, -0.2) is 0 Å². The summed E-state index contributed by atoms with van der Waals surface area (Å²) in [5, 5.41) is 0. The molecule has 7 nitrogen and oxygen atoms in total. The SMILES string of the molecule is COc1cc(OC)cc(N2CCC(N(C)C(=O)CN)C2=O)c1. The van der Waals surface area contributed by atoms with Crippen LogP contribution in [-0.4, -0.2) is 57.1 Å². The highest BCUT2D eigenvalue weighted by Gasteiger charge is 2.37. The lowest BCUT2D eigenvalue weighted by atomic mass is 10.2. The van der Waals surface area contributed by atoms with Gasteiger partial charge in [0.1, 0.15) is 17.5 Å². The van der Waals surface area contributed by atoms with E-state index in [0.717, 1.165) is 0 Å². The van der Waals surface area contributed by atoms with Gasteiger partial charge in [0.15, 0.2) is 0 Å². The Labute approximate surface area is 129 Å². The van der Waals surface area contributed by atoms with Crippen LogP contribution in [0, 0.1) is 0 Å². The first kappa shape index (κ1) is 16.1. The van der Waals surface area contributed by atoms with Crippen molar-refractivity contribution in [1.29, 1.82) is 0 Å². The Bertz CT molecular complexity index is 554. The highest BCUT2D eigenvalue weighted by Crippen LogP contribution is 2.31. The van der Waals surface area contributed by atoms with Crippen molar-refractivity contribution in [3.8, 4) is 11.5 Å². The molecule has 1 aromatic rings. The van der Waals surface area contributed by atoms with Crippen LogP contribution in [0.4, 0.5) is 5.69 Å². The average molecular weight is 307 g/mol. The molecule has 2 rings (SSSR count). The van der Waals surface area contributed by atoms with Gasteiger partial charge < -0.3 is 25.0 Å². The standard InChI is InChI=1S/C15H21N3O4/c1-17(14(19)9-16)13-4-5-18(15(13)20)10-6-11(21-2)8-12(7-10)22-3/h6-8,13H,4-5,9,16H2,1-3H3. The van der Waals surface area contributed by atoms with Gasteiger partial charge in [-0.1, -0.05) is 0 Å². The number of nitrogens with zero attached hydrogens (tertiary/aromatic N) is 2. The fourth-order valence-corrected chi connectivity index (χ4v) is 2.55. The fraction of sp³-hybridized carbons (Fsp3) is 0.467. The number of anilines is 1. The average Bonchev–Trinajstić information content (AvgIpc) is 2.94. The molecule has 2 N–H and O–H groups in total. The molecule has 0 saturated carbocycles. The molecule has 7 heteroatoms. The second kappa shape index (κ2) is 6.65. The Hall–Kier alpha value is -2.28. The summed E-state index contributed by atoms with van der Waals surface area (Å²) >= 11 is 0. The number of methoxy groups -OCH3 is 2. The number of likely N-dealkylation sites (N-methyl/N-ethyl adjacent to an activating group) is 1. The molecule has 0 aromatic heterocycles. The lowest BCUT2D eigenvalue weighted by Crippen LogP contribution is -2.45. The maximum Gasteiger partial charge on any atom is 0.249 e. The van der Waals surface area contributed by atoms with Crippen LogP contribution in [0.1, 0.15) is 6.42 Å². The zero-order valence-corrected chi connectivity index (χ0v) is 13.0. The minimum atomic E-state index is -0.478. The third kappa shape index (κ3) is 2.99. The predicted molar refractivity (Wildman–Crippen MR) is 82.1 cm³/mol. The van der Waals surface area contributed by atoms with E-state index in [-0.39, 0.29) is 18.4 Å². The molecule has 1 saturated heterocycles. The molecule has 1 fully saturated rings. The number of rotatable bonds is 5. The number of benzene rings is 1.